The van der Waals surface area contributed by atoms with Crippen molar-refractivity contribution in [2.24, 2.45) is 10.2 Å². The minimum absolute atomic E-state index is 0.396. The van der Waals surface area contributed by atoms with Crippen LogP contribution in [0.5, 0.6) is 0 Å². The Morgan fingerprint density at radius 3 is 2.36 bits per heavy atom. The zero-order chi connectivity index (χ0) is 22.9. The maximum Gasteiger partial charge on any atom is 0.331 e. The van der Waals surface area contributed by atoms with Gasteiger partial charge in [-0.25, -0.2) is 4.79 Å². The number of hydrogen-bond acceptors (Lipinski definition) is 6. The molecular formula is C26H20N4O3. The number of fused-ring (bicyclic) bond motifs is 1. The number of nitrogens with one attached hydrogen (secondary N) is 1. The summed E-state index contributed by atoms with van der Waals surface area (Å²) in [6.07, 6.45) is 4.60. The molecule has 4 rings (SSSR count). The molecule has 0 bridgehead atoms. The molecule has 7 heteroatoms. The van der Waals surface area contributed by atoms with Crippen LogP contribution in [0.1, 0.15) is 5.56 Å². The Morgan fingerprint density at radius 2 is 1.58 bits per heavy atom. The zero-order valence-electron chi connectivity index (χ0n) is 17.6. The van der Waals surface area contributed by atoms with Gasteiger partial charge in [0.05, 0.1) is 16.9 Å². The lowest BCUT2D eigenvalue weighted by atomic mass is 10.1. The molecule has 0 saturated heterocycles. The molecule has 1 N–H and O–H groups in total. The first-order valence-electron chi connectivity index (χ1n) is 10.2. The first-order valence-corrected chi connectivity index (χ1v) is 10.2. The van der Waals surface area contributed by atoms with Crippen molar-refractivity contribution in [3.05, 3.63) is 103 Å². The van der Waals surface area contributed by atoms with Crippen LogP contribution in [0.25, 0.3) is 17.0 Å². The predicted molar refractivity (Wildman–Crippen MR) is 127 cm³/mol. The number of azo groups is 1. The van der Waals surface area contributed by atoms with Crippen LogP contribution < -0.4 is 5.32 Å². The van der Waals surface area contributed by atoms with Crippen LogP contribution >= 0.6 is 0 Å². The number of esters is 1. The Kier molecular flexibility index (Phi) is 6.92. The number of ether oxygens (including phenoxy) is 1. The molecule has 1 heterocycles. The number of hydrogen-bond donors (Lipinski definition) is 1. The number of para-hydroxylation sites is 1. The quantitative estimate of drug-likeness (QED) is 0.224. The number of pyridine rings is 1. The van der Waals surface area contributed by atoms with E-state index in [-0.39, 0.29) is 0 Å². The fourth-order valence-corrected chi connectivity index (χ4v) is 3.02. The van der Waals surface area contributed by atoms with Crippen molar-refractivity contribution < 1.29 is 14.3 Å². The van der Waals surface area contributed by atoms with Gasteiger partial charge in [-0.2, -0.15) is 10.2 Å². The molecular weight excluding hydrogens is 416 g/mol. The maximum atomic E-state index is 12.1. The predicted octanol–water partition coefficient (Wildman–Crippen LogP) is 5.85. The van der Waals surface area contributed by atoms with E-state index >= 15 is 0 Å². The van der Waals surface area contributed by atoms with Gasteiger partial charge < -0.3 is 10.1 Å². The number of amides is 1. The molecule has 0 aliphatic heterocycles. The molecule has 0 fully saturated rings. The lowest BCUT2D eigenvalue weighted by Gasteiger charge is -2.05. The van der Waals surface area contributed by atoms with Crippen molar-refractivity contribution >= 4 is 45.9 Å². The molecule has 0 saturated carbocycles. The van der Waals surface area contributed by atoms with E-state index in [1.54, 1.807) is 36.5 Å². The Labute approximate surface area is 190 Å². The number of nitrogens with zero attached hydrogens (tertiary/aromatic N) is 3. The molecule has 162 valence electrons. The van der Waals surface area contributed by atoms with E-state index in [1.807, 2.05) is 60.7 Å². The second-order valence-corrected chi connectivity index (χ2v) is 6.99. The smallest absolute Gasteiger partial charge is 0.331 e. The third kappa shape index (κ3) is 6.18. The summed E-state index contributed by atoms with van der Waals surface area (Å²) in [5.41, 5.74) is 3.54. The van der Waals surface area contributed by atoms with Gasteiger partial charge in [0.1, 0.15) is 0 Å². The van der Waals surface area contributed by atoms with Crippen LogP contribution in [-0.4, -0.2) is 23.5 Å². The normalized spacial score (nSPS) is 11.2. The Bertz CT molecular complexity index is 1310. The molecule has 3 aromatic carbocycles. The summed E-state index contributed by atoms with van der Waals surface area (Å²) < 4.78 is 5.03. The van der Waals surface area contributed by atoms with Crippen LogP contribution in [0.2, 0.25) is 0 Å². The molecule has 1 amide bonds. The minimum atomic E-state index is -0.616. The van der Waals surface area contributed by atoms with Crippen molar-refractivity contribution in [3.63, 3.8) is 0 Å². The number of anilines is 1. The van der Waals surface area contributed by atoms with E-state index in [2.05, 4.69) is 20.5 Å². The summed E-state index contributed by atoms with van der Waals surface area (Å²) in [6.45, 7) is -0.396. The number of rotatable bonds is 7. The highest BCUT2D eigenvalue weighted by molar-refractivity contribution is 5.96. The molecule has 0 aliphatic carbocycles. The second kappa shape index (κ2) is 10.6. The number of benzene rings is 3. The van der Waals surface area contributed by atoms with Crippen LogP contribution in [0, 0.1) is 0 Å². The maximum absolute atomic E-state index is 12.1. The monoisotopic (exact) mass is 436 g/mol. The Morgan fingerprint density at radius 1 is 0.848 bits per heavy atom. The van der Waals surface area contributed by atoms with Crippen molar-refractivity contribution in [2.75, 3.05) is 11.9 Å². The SMILES string of the molecule is O=C(COC(=O)/C=C/c1cccc2cccnc12)Nc1ccc(N=Nc2ccccc2)cc1. The fourth-order valence-electron chi connectivity index (χ4n) is 3.02. The number of aromatic nitrogens is 1. The first-order chi connectivity index (χ1) is 16.2. The molecule has 1 aromatic heterocycles. The fraction of sp³-hybridized carbons (Fsp3) is 0.0385. The summed E-state index contributed by atoms with van der Waals surface area (Å²) in [7, 11) is 0. The lowest BCUT2D eigenvalue weighted by molar-refractivity contribution is -0.142. The molecule has 4 aromatic rings. The van der Waals surface area contributed by atoms with Crippen molar-refractivity contribution in [1.82, 2.24) is 4.98 Å². The molecule has 0 aliphatic rings. The van der Waals surface area contributed by atoms with Gasteiger partial charge >= 0.3 is 5.97 Å². The third-order valence-electron chi connectivity index (χ3n) is 4.60. The minimum Gasteiger partial charge on any atom is -0.452 e. The van der Waals surface area contributed by atoms with Crippen LogP contribution in [0.4, 0.5) is 17.1 Å². The van der Waals surface area contributed by atoms with Crippen LogP contribution in [0.3, 0.4) is 0 Å². The van der Waals surface area contributed by atoms with Gasteiger partial charge in [-0.05, 0) is 48.5 Å². The van der Waals surface area contributed by atoms with E-state index in [9.17, 15) is 9.59 Å². The summed E-state index contributed by atoms with van der Waals surface area (Å²) in [6, 6.07) is 25.7. The van der Waals surface area contributed by atoms with Gasteiger partial charge in [-0.3, -0.25) is 9.78 Å². The Hall–Kier alpha value is -4.65. The summed E-state index contributed by atoms with van der Waals surface area (Å²) in [5.74, 6) is -1.06. The summed E-state index contributed by atoms with van der Waals surface area (Å²) in [5, 5.41) is 11.9. The first kappa shape index (κ1) is 21.6. The second-order valence-electron chi connectivity index (χ2n) is 6.99. The Balaban J connectivity index is 1.27. The van der Waals surface area contributed by atoms with Gasteiger partial charge in [0.2, 0.25) is 0 Å². The van der Waals surface area contributed by atoms with Crippen molar-refractivity contribution in [2.45, 2.75) is 0 Å². The average Bonchev–Trinajstić information content (AvgIpc) is 2.86. The van der Waals surface area contributed by atoms with Gasteiger partial charge in [0.25, 0.3) is 5.91 Å². The summed E-state index contributed by atoms with van der Waals surface area (Å²) in [4.78, 5) is 28.4. The number of carbonyl (C=O) groups excluding carboxylic acids is 2. The molecule has 0 atom stereocenters. The van der Waals surface area contributed by atoms with Gasteiger partial charge in [0, 0.05) is 28.9 Å². The lowest BCUT2D eigenvalue weighted by Crippen LogP contribution is -2.20. The van der Waals surface area contributed by atoms with E-state index in [1.165, 1.54) is 6.08 Å². The summed E-state index contributed by atoms with van der Waals surface area (Å²) >= 11 is 0. The molecule has 0 spiro atoms. The molecule has 0 radical (unpaired) electrons. The topological polar surface area (TPSA) is 93.0 Å². The largest absolute Gasteiger partial charge is 0.452 e. The highest BCUT2D eigenvalue weighted by Gasteiger charge is 2.06. The van der Waals surface area contributed by atoms with Crippen LogP contribution in [0.15, 0.2) is 107 Å². The highest BCUT2D eigenvalue weighted by atomic mass is 16.5. The zero-order valence-corrected chi connectivity index (χ0v) is 17.6. The molecule has 33 heavy (non-hydrogen) atoms. The molecule has 7 nitrogen and oxygen atoms in total. The van der Waals surface area contributed by atoms with Crippen molar-refractivity contribution in [3.8, 4) is 0 Å². The average molecular weight is 436 g/mol. The standard InChI is InChI=1S/C26H20N4O3/c31-24(28-21-12-14-23(15-13-21)30-29-22-9-2-1-3-10-22)18-33-25(32)16-11-20-7-4-6-19-8-5-17-27-26(19)20/h1-17H,18H2,(H,28,31)/b16-11+,30-29?. The van der Waals surface area contributed by atoms with E-state index < -0.39 is 18.5 Å². The van der Waals surface area contributed by atoms with E-state index in [4.69, 9.17) is 4.74 Å². The van der Waals surface area contributed by atoms with Crippen LogP contribution in [-0.2, 0) is 14.3 Å². The highest BCUT2D eigenvalue weighted by Crippen LogP contribution is 2.20. The van der Waals surface area contributed by atoms with Gasteiger partial charge in [-0.1, -0.05) is 42.5 Å². The van der Waals surface area contributed by atoms with Crippen molar-refractivity contribution in [1.29, 1.82) is 0 Å². The van der Waals surface area contributed by atoms with Gasteiger partial charge in [-0.15, -0.1) is 0 Å². The number of carbonyl (C=O) groups is 2. The van der Waals surface area contributed by atoms with E-state index in [0.29, 0.717) is 11.4 Å². The molecule has 0 unspecified atom stereocenters. The van der Waals surface area contributed by atoms with E-state index in [0.717, 1.165) is 22.2 Å². The third-order valence-corrected chi connectivity index (χ3v) is 4.60. The van der Waals surface area contributed by atoms with Gasteiger partial charge in [0.15, 0.2) is 6.61 Å².